The van der Waals surface area contributed by atoms with Crippen molar-refractivity contribution in [2.45, 2.75) is 23.6 Å². The maximum atomic E-state index is 11.4. The Kier molecular flexibility index (Phi) is 5.13. The van der Waals surface area contributed by atoms with Crippen LogP contribution in [0.5, 0.6) is 0 Å². The number of ketones is 1. The molecule has 0 aliphatic heterocycles. The zero-order valence-corrected chi connectivity index (χ0v) is 13.3. The number of amides is 1. The molecule has 0 aromatic heterocycles. The van der Waals surface area contributed by atoms with Gasteiger partial charge in [-0.15, -0.1) is 0 Å². The highest BCUT2D eigenvalue weighted by molar-refractivity contribution is 7.99. The largest absolute Gasteiger partial charge is 0.326 e. The van der Waals surface area contributed by atoms with E-state index >= 15 is 0 Å². The molecular weight excluding hydrogens is 316 g/mol. The molecule has 0 heterocycles. The van der Waals surface area contributed by atoms with E-state index in [0.29, 0.717) is 16.1 Å². The number of hydrogen-bond donors (Lipinski definition) is 1. The minimum absolute atomic E-state index is 0.103. The van der Waals surface area contributed by atoms with Crippen molar-refractivity contribution in [1.29, 1.82) is 0 Å². The molecule has 23 heavy (non-hydrogen) atoms. The Morgan fingerprint density at radius 3 is 2.26 bits per heavy atom. The van der Waals surface area contributed by atoms with Gasteiger partial charge in [0, 0.05) is 29.1 Å². The van der Waals surface area contributed by atoms with Crippen LogP contribution in [0.1, 0.15) is 24.2 Å². The van der Waals surface area contributed by atoms with Crippen molar-refractivity contribution in [2.24, 2.45) is 0 Å². The lowest BCUT2D eigenvalue weighted by atomic mass is 10.1. The van der Waals surface area contributed by atoms with Gasteiger partial charge in [0.2, 0.25) is 5.91 Å². The van der Waals surface area contributed by atoms with Crippen LogP contribution in [-0.4, -0.2) is 16.6 Å². The van der Waals surface area contributed by atoms with Crippen LogP contribution >= 0.6 is 11.8 Å². The predicted molar refractivity (Wildman–Crippen MR) is 88.0 cm³/mol. The van der Waals surface area contributed by atoms with Crippen molar-refractivity contribution >= 4 is 34.8 Å². The van der Waals surface area contributed by atoms with Crippen molar-refractivity contribution in [3.63, 3.8) is 0 Å². The molecule has 1 amide bonds. The number of rotatable bonds is 5. The first kappa shape index (κ1) is 16.7. The number of nitrogens with zero attached hydrogens (tertiary/aromatic N) is 1. The van der Waals surface area contributed by atoms with Gasteiger partial charge in [0.1, 0.15) is 0 Å². The van der Waals surface area contributed by atoms with E-state index in [0.717, 1.165) is 4.90 Å². The highest BCUT2D eigenvalue weighted by Gasteiger charge is 2.17. The maximum absolute atomic E-state index is 11.4. The van der Waals surface area contributed by atoms with Crippen LogP contribution in [0.25, 0.3) is 0 Å². The van der Waals surface area contributed by atoms with Gasteiger partial charge in [0.25, 0.3) is 5.69 Å². The Morgan fingerprint density at radius 1 is 1.09 bits per heavy atom. The topological polar surface area (TPSA) is 89.3 Å². The molecule has 0 saturated carbocycles. The second-order valence-corrected chi connectivity index (χ2v) is 5.92. The molecule has 0 aliphatic rings. The van der Waals surface area contributed by atoms with E-state index in [2.05, 4.69) is 5.32 Å². The summed E-state index contributed by atoms with van der Waals surface area (Å²) in [7, 11) is 0. The number of nitrogens with one attached hydrogen (secondary N) is 1. The third kappa shape index (κ3) is 4.40. The van der Waals surface area contributed by atoms with E-state index in [1.807, 2.05) is 0 Å². The van der Waals surface area contributed by atoms with Crippen molar-refractivity contribution in [3.05, 3.63) is 58.1 Å². The zero-order valence-electron chi connectivity index (χ0n) is 12.5. The quantitative estimate of drug-likeness (QED) is 0.510. The number of Topliss-reactive ketones (excluding diaryl/α,β-unsaturated/α-hetero) is 1. The molecule has 0 aliphatic carbocycles. The monoisotopic (exact) mass is 330 g/mol. The van der Waals surface area contributed by atoms with Crippen LogP contribution in [-0.2, 0) is 4.79 Å². The zero-order chi connectivity index (χ0) is 17.0. The molecule has 0 atom stereocenters. The van der Waals surface area contributed by atoms with Gasteiger partial charge in [-0.2, -0.15) is 0 Å². The molecule has 0 fully saturated rings. The summed E-state index contributed by atoms with van der Waals surface area (Å²) < 4.78 is 0. The molecule has 2 aromatic carbocycles. The maximum Gasteiger partial charge on any atom is 0.283 e. The molecule has 2 rings (SSSR count). The van der Waals surface area contributed by atoms with Gasteiger partial charge < -0.3 is 5.32 Å². The van der Waals surface area contributed by atoms with Crippen LogP contribution < -0.4 is 5.32 Å². The van der Waals surface area contributed by atoms with E-state index in [1.165, 1.54) is 31.7 Å². The van der Waals surface area contributed by atoms with Crippen molar-refractivity contribution in [1.82, 2.24) is 0 Å². The number of carbonyl (C=O) groups excluding carboxylic acids is 2. The molecule has 6 nitrogen and oxygen atoms in total. The molecule has 7 heteroatoms. The number of hydrogen-bond acceptors (Lipinski definition) is 5. The summed E-state index contributed by atoms with van der Waals surface area (Å²) in [6.07, 6.45) is 0. The minimum Gasteiger partial charge on any atom is -0.326 e. The lowest BCUT2D eigenvalue weighted by Crippen LogP contribution is -2.05. The van der Waals surface area contributed by atoms with E-state index in [9.17, 15) is 19.7 Å². The van der Waals surface area contributed by atoms with Gasteiger partial charge >= 0.3 is 0 Å². The smallest absolute Gasteiger partial charge is 0.283 e. The van der Waals surface area contributed by atoms with Gasteiger partial charge in [-0.05, 0) is 43.3 Å². The third-order valence-electron chi connectivity index (χ3n) is 2.96. The number of carbonyl (C=O) groups is 2. The fraction of sp³-hybridized carbons (Fsp3) is 0.125. The van der Waals surface area contributed by atoms with E-state index in [1.54, 1.807) is 36.4 Å². The molecule has 0 bridgehead atoms. The molecule has 118 valence electrons. The van der Waals surface area contributed by atoms with Crippen LogP contribution in [0, 0.1) is 10.1 Å². The van der Waals surface area contributed by atoms with Crippen LogP contribution in [0.2, 0.25) is 0 Å². The Balaban J connectivity index is 2.27. The van der Waals surface area contributed by atoms with E-state index in [4.69, 9.17) is 0 Å². The number of anilines is 1. The summed E-state index contributed by atoms with van der Waals surface area (Å²) in [5.74, 6) is -0.384. The van der Waals surface area contributed by atoms with Gasteiger partial charge in [-0.25, -0.2) is 0 Å². The number of nitro groups is 1. The molecule has 0 spiro atoms. The second-order valence-electron chi connectivity index (χ2n) is 4.80. The lowest BCUT2D eigenvalue weighted by Gasteiger charge is -2.06. The highest BCUT2D eigenvalue weighted by atomic mass is 32.2. The summed E-state index contributed by atoms with van der Waals surface area (Å²) in [4.78, 5) is 34.3. The number of benzene rings is 2. The summed E-state index contributed by atoms with van der Waals surface area (Å²) in [5, 5.41) is 13.8. The second kappa shape index (κ2) is 7.06. The van der Waals surface area contributed by atoms with Gasteiger partial charge in [0.05, 0.1) is 9.82 Å². The molecule has 0 saturated heterocycles. The summed E-state index contributed by atoms with van der Waals surface area (Å²) in [6, 6.07) is 11.4. The first-order valence-corrected chi connectivity index (χ1v) is 7.53. The van der Waals surface area contributed by atoms with Crippen molar-refractivity contribution < 1.29 is 14.5 Å². The first-order valence-electron chi connectivity index (χ1n) is 6.71. The average molecular weight is 330 g/mol. The van der Waals surface area contributed by atoms with Gasteiger partial charge in [-0.3, -0.25) is 19.7 Å². The molecular formula is C16H14N2O4S. The van der Waals surface area contributed by atoms with E-state index in [-0.39, 0.29) is 17.4 Å². The SMILES string of the molecule is CC(=O)Nc1ccc(Sc2ccc(C(C)=O)cc2[N+](=O)[O-])cc1. The standard InChI is InChI=1S/C16H14N2O4S/c1-10(19)12-3-8-16(15(9-12)18(21)22)23-14-6-4-13(5-7-14)17-11(2)20/h3-9H,1-2H3,(H,17,20). The van der Waals surface area contributed by atoms with Crippen LogP contribution in [0.3, 0.4) is 0 Å². The molecule has 1 N–H and O–H groups in total. The third-order valence-corrected chi connectivity index (χ3v) is 4.04. The fourth-order valence-electron chi connectivity index (χ4n) is 1.90. The Morgan fingerprint density at radius 2 is 1.74 bits per heavy atom. The molecule has 2 aromatic rings. The fourth-order valence-corrected chi connectivity index (χ4v) is 2.80. The molecule has 0 radical (unpaired) electrons. The van der Waals surface area contributed by atoms with Crippen LogP contribution in [0.15, 0.2) is 52.3 Å². The normalized spacial score (nSPS) is 10.2. The van der Waals surface area contributed by atoms with Crippen molar-refractivity contribution in [3.8, 4) is 0 Å². The Bertz CT molecular complexity index is 772. The van der Waals surface area contributed by atoms with Crippen molar-refractivity contribution in [2.75, 3.05) is 5.32 Å². The van der Waals surface area contributed by atoms with E-state index < -0.39 is 4.92 Å². The van der Waals surface area contributed by atoms with Crippen LogP contribution in [0.4, 0.5) is 11.4 Å². The Hall–Kier alpha value is -2.67. The van der Waals surface area contributed by atoms with Gasteiger partial charge in [0.15, 0.2) is 5.78 Å². The summed E-state index contributed by atoms with van der Waals surface area (Å²) >= 11 is 1.22. The Labute approximate surface area is 137 Å². The average Bonchev–Trinajstić information content (AvgIpc) is 2.48. The highest BCUT2D eigenvalue weighted by Crippen LogP contribution is 2.35. The summed E-state index contributed by atoms with van der Waals surface area (Å²) in [6.45, 7) is 2.79. The first-order chi connectivity index (χ1) is 10.9. The molecule has 0 unspecified atom stereocenters. The predicted octanol–water partition coefficient (Wildman–Crippen LogP) is 3.91. The van der Waals surface area contributed by atoms with Gasteiger partial charge in [-0.1, -0.05) is 11.8 Å². The number of nitro benzene ring substituents is 1. The lowest BCUT2D eigenvalue weighted by molar-refractivity contribution is -0.387. The summed E-state index contributed by atoms with van der Waals surface area (Å²) in [5.41, 5.74) is 0.860. The minimum atomic E-state index is -0.500.